The van der Waals surface area contributed by atoms with Crippen molar-refractivity contribution in [3.8, 4) is 0 Å². The molecular weight excluding hydrogens is 382 g/mol. The average molecular weight is 400 g/mol. The number of rotatable bonds is 4. The summed E-state index contributed by atoms with van der Waals surface area (Å²) < 4.78 is 5.10. The molecule has 3 rings (SSSR count). The standard InChI is InChI=1S/C21H18ClNO3S/c1-3-26-21(25)18-19(24)17(12-14-6-4-5-7-16(14)22)27-20(18)23-15-10-8-13(2)9-11-15/h4-12,24H,3H2,1-2H3. The normalized spacial score (nSPS) is 17.0. The van der Waals surface area contributed by atoms with Crippen LogP contribution in [0.1, 0.15) is 18.1 Å². The zero-order chi connectivity index (χ0) is 19.4. The second-order valence-electron chi connectivity index (χ2n) is 5.83. The van der Waals surface area contributed by atoms with Gasteiger partial charge < -0.3 is 9.84 Å². The molecule has 1 heterocycles. The molecule has 0 amide bonds. The first-order valence-electron chi connectivity index (χ1n) is 8.40. The fourth-order valence-electron chi connectivity index (χ4n) is 2.46. The van der Waals surface area contributed by atoms with Gasteiger partial charge in [0.05, 0.1) is 17.2 Å². The highest BCUT2D eigenvalue weighted by Gasteiger charge is 2.33. The molecule has 27 heavy (non-hydrogen) atoms. The van der Waals surface area contributed by atoms with Gasteiger partial charge in [0.25, 0.3) is 0 Å². The van der Waals surface area contributed by atoms with E-state index in [2.05, 4.69) is 4.99 Å². The number of aliphatic imine (C=N–C) groups is 1. The summed E-state index contributed by atoms with van der Waals surface area (Å²) in [5.41, 5.74) is 2.62. The van der Waals surface area contributed by atoms with E-state index >= 15 is 0 Å². The number of carbonyl (C=O) groups excluding carboxylic acids is 1. The van der Waals surface area contributed by atoms with Gasteiger partial charge in [-0.3, -0.25) is 0 Å². The van der Waals surface area contributed by atoms with Crippen molar-refractivity contribution in [2.24, 2.45) is 4.99 Å². The SMILES string of the molecule is CCOC(=O)C1=C(O)C(=Cc2ccccc2Cl)SC1=Nc1ccc(C)cc1. The van der Waals surface area contributed by atoms with E-state index in [4.69, 9.17) is 16.3 Å². The Morgan fingerprint density at radius 3 is 2.59 bits per heavy atom. The number of ether oxygens (including phenoxy) is 1. The highest BCUT2D eigenvalue weighted by atomic mass is 35.5. The van der Waals surface area contributed by atoms with E-state index in [9.17, 15) is 9.90 Å². The van der Waals surface area contributed by atoms with Crippen molar-refractivity contribution in [2.75, 3.05) is 6.61 Å². The van der Waals surface area contributed by atoms with Gasteiger partial charge in [0.1, 0.15) is 16.4 Å². The first-order chi connectivity index (χ1) is 13.0. The summed E-state index contributed by atoms with van der Waals surface area (Å²) in [4.78, 5) is 17.4. The minimum Gasteiger partial charge on any atom is -0.506 e. The number of aliphatic hydroxyl groups excluding tert-OH is 1. The van der Waals surface area contributed by atoms with Crippen LogP contribution in [0.15, 0.2) is 69.8 Å². The van der Waals surface area contributed by atoms with Gasteiger partial charge >= 0.3 is 5.97 Å². The number of carbonyl (C=O) groups is 1. The van der Waals surface area contributed by atoms with Gasteiger partial charge in [0.15, 0.2) is 0 Å². The topological polar surface area (TPSA) is 58.9 Å². The lowest BCUT2D eigenvalue weighted by Gasteiger charge is -2.04. The molecule has 0 atom stereocenters. The Hall–Kier alpha value is -2.50. The molecule has 0 bridgehead atoms. The van der Waals surface area contributed by atoms with Crippen molar-refractivity contribution >= 4 is 46.1 Å². The molecule has 0 spiro atoms. The largest absolute Gasteiger partial charge is 0.506 e. The van der Waals surface area contributed by atoms with Crippen LogP contribution in [0.3, 0.4) is 0 Å². The maximum atomic E-state index is 12.4. The molecule has 1 aliphatic heterocycles. The summed E-state index contributed by atoms with van der Waals surface area (Å²) in [5.74, 6) is -0.750. The number of hydrogen-bond donors (Lipinski definition) is 1. The van der Waals surface area contributed by atoms with Gasteiger partial charge in [-0.15, -0.1) is 0 Å². The van der Waals surface area contributed by atoms with Crippen molar-refractivity contribution in [3.05, 3.63) is 80.9 Å². The Labute approximate surface area is 167 Å². The smallest absolute Gasteiger partial charge is 0.344 e. The molecule has 0 unspecified atom stereocenters. The van der Waals surface area contributed by atoms with Gasteiger partial charge in [0.2, 0.25) is 0 Å². The van der Waals surface area contributed by atoms with E-state index in [1.165, 1.54) is 11.8 Å². The van der Waals surface area contributed by atoms with Crippen molar-refractivity contribution in [3.63, 3.8) is 0 Å². The molecular formula is C21H18ClNO3S. The second-order valence-corrected chi connectivity index (χ2v) is 7.27. The summed E-state index contributed by atoms with van der Waals surface area (Å²) >= 11 is 7.42. The molecule has 4 nitrogen and oxygen atoms in total. The maximum absolute atomic E-state index is 12.4. The van der Waals surface area contributed by atoms with Crippen molar-refractivity contribution in [1.82, 2.24) is 0 Å². The zero-order valence-corrected chi connectivity index (χ0v) is 16.5. The minimum absolute atomic E-state index is 0.0701. The summed E-state index contributed by atoms with van der Waals surface area (Å²) in [6, 6.07) is 14.9. The third kappa shape index (κ3) is 4.43. The second kappa shape index (κ2) is 8.46. The van der Waals surface area contributed by atoms with Crippen LogP contribution in [0.2, 0.25) is 5.02 Å². The van der Waals surface area contributed by atoms with Crippen LogP contribution in [-0.2, 0) is 9.53 Å². The van der Waals surface area contributed by atoms with Gasteiger partial charge in [-0.2, -0.15) is 0 Å². The summed E-state index contributed by atoms with van der Waals surface area (Å²) in [6.07, 6.45) is 1.74. The highest BCUT2D eigenvalue weighted by Crippen LogP contribution is 2.40. The molecule has 0 saturated carbocycles. The fourth-order valence-corrected chi connectivity index (χ4v) is 3.68. The quantitative estimate of drug-likeness (QED) is 0.656. The number of nitrogens with zero attached hydrogens (tertiary/aromatic N) is 1. The lowest BCUT2D eigenvalue weighted by Crippen LogP contribution is -2.12. The van der Waals surface area contributed by atoms with Crippen LogP contribution in [0.5, 0.6) is 0 Å². The molecule has 6 heteroatoms. The van der Waals surface area contributed by atoms with Gasteiger partial charge in [-0.25, -0.2) is 9.79 Å². The van der Waals surface area contributed by atoms with E-state index in [1.807, 2.05) is 49.4 Å². The number of esters is 1. The van der Waals surface area contributed by atoms with Gasteiger partial charge in [0, 0.05) is 5.02 Å². The number of hydrogen-bond acceptors (Lipinski definition) is 5. The van der Waals surface area contributed by atoms with Gasteiger partial charge in [-0.05, 0) is 43.7 Å². The van der Waals surface area contributed by atoms with Crippen LogP contribution < -0.4 is 0 Å². The lowest BCUT2D eigenvalue weighted by atomic mass is 10.1. The number of aryl methyl sites for hydroxylation is 1. The summed E-state index contributed by atoms with van der Waals surface area (Å²) in [7, 11) is 0. The van der Waals surface area contributed by atoms with Crippen molar-refractivity contribution < 1.29 is 14.6 Å². The van der Waals surface area contributed by atoms with Gasteiger partial charge in [-0.1, -0.05) is 59.3 Å². The molecule has 0 fully saturated rings. The Kier molecular flexibility index (Phi) is 6.04. The fraction of sp³-hybridized carbons (Fsp3) is 0.143. The van der Waals surface area contributed by atoms with E-state index in [-0.39, 0.29) is 17.9 Å². The molecule has 2 aromatic carbocycles. The van der Waals surface area contributed by atoms with E-state index in [0.717, 1.165) is 11.1 Å². The Balaban J connectivity index is 2.05. The van der Waals surface area contributed by atoms with Crippen LogP contribution in [-0.4, -0.2) is 22.7 Å². The molecule has 2 aromatic rings. The Bertz CT molecular complexity index is 962. The van der Waals surface area contributed by atoms with Crippen LogP contribution in [0.4, 0.5) is 5.69 Å². The van der Waals surface area contributed by atoms with E-state index in [1.54, 1.807) is 19.1 Å². The summed E-state index contributed by atoms with van der Waals surface area (Å²) in [5, 5.41) is 11.6. The molecule has 138 valence electrons. The molecule has 0 saturated heterocycles. The first-order valence-corrected chi connectivity index (χ1v) is 9.59. The van der Waals surface area contributed by atoms with Crippen molar-refractivity contribution in [2.45, 2.75) is 13.8 Å². The zero-order valence-electron chi connectivity index (χ0n) is 14.9. The van der Waals surface area contributed by atoms with Crippen molar-refractivity contribution in [1.29, 1.82) is 0 Å². The van der Waals surface area contributed by atoms with E-state index < -0.39 is 5.97 Å². The third-order valence-corrected chi connectivity index (χ3v) is 5.19. The maximum Gasteiger partial charge on any atom is 0.344 e. The average Bonchev–Trinajstić information content (AvgIpc) is 2.94. The predicted octanol–water partition coefficient (Wildman–Crippen LogP) is 5.84. The summed E-state index contributed by atoms with van der Waals surface area (Å²) in [6.45, 7) is 3.91. The number of thioether (sulfide) groups is 1. The monoisotopic (exact) mass is 399 g/mol. The van der Waals surface area contributed by atoms with E-state index in [0.29, 0.717) is 20.7 Å². The number of aliphatic hydroxyl groups is 1. The molecule has 0 aliphatic carbocycles. The van der Waals surface area contributed by atoms with Crippen LogP contribution in [0, 0.1) is 6.92 Å². The first kappa shape index (κ1) is 19.3. The molecule has 1 N–H and O–H groups in total. The van der Waals surface area contributed by atoms with Crippen LogP contribution >= 0.6 is 23.4 Å². The number of benzene rings is 2. The third-order valence-electron chi connectivity index (χ3n) is 3.83. The predicted molar refractivity (Wildman–Crippen MR) is 112 cm³/mol. The van der Waals surface area contributed by atoms with Crippen LogP contribution in [0.25, 0.3) is 6.08 Å². The molecule has 0 aromatic heterocycles. The molecule has 1 aliphatic rings. The number of halogens is 1. The Morgan fingerprint density at radius 1 is 1.22 bits per heavy atom. The highest BCUT2D eigenvalue weighted by molar-refractivity contribution is 8.18. The Morgan fingerprint density at radius 2 is 1.93 bits per heavy atom. The molecule has 0 radical (unpaired) electrons. The lowest BCUT2D eigenvalue weighted by molar-refractivity contribution is -0.138. The minimum atomic E-state index is -0.601.